The number of hydrogen-bond acceptors (Lipinski definition) is 4. The minimum absolute atomic E-state index is 0.116. The largest absolute Gasteiger partial charge is 0.487 e. The molecule has 2 atom stereocenters. The zero-order valence-electron chi connectivity index (χ0n) is 16.7. The van der Waals surface area contributed by atoms with E-state index < -0.39 is 5.60 Å². The van der Waals surface area contributed by atoms with Crippen molar-refractivity contribution in [3.05, 3.63) is 23.2 Å². The number of hydrogen-bond donors (Lipinski definition) is 1. The Morgan fingerprint density at radius 3 is 2.54 bits per heavy atom. The molecule has 0 aliphatic carbocycles. The molecule has 1 aromatic carbocycles. The summed E-state index contributed by atoms with van der Waals surface area (Å²) in [6.45, 7) is 10.9. The Balaban J connectivity index is 2.85. The van der Waals surface area contributed by atoms with Gasteiger partial charge in [0.15, 0.2) is 0 Å². The van der Waals surface area contributed by atoms with Gasteiger partial charge in [-0.1, -0.05) is 32.4 Å². The summed E-state index contributed by atoms with van der Waals surface area (Å²) in [7, 11) is 1.62. The van der Waals surface area contributed by atoms with Crippen LogP contribution in [0.3, 0.4) is 0 Å². The van der Waals surface area contributed by atoms with Crippen LogP contribution in [0.5, 0.6) is 5.75 Å². The molecule has 26 heavy (non-hydrogen) atoms. The van der Waals surface area contributed by atoms with Gasteiger partial charge in [-0.15, -0.1) is 0 Å². The summed E-state index contributed by atoms with van der Waals surface area (Å²) in [5, 5.41) is 3.35. The summed E-state index contributed by atoms with van der Waals surface area (Å²) < 4.78 is 16.7. The molecule has 0 aliphatic heterocycles. The number of ether oxygens (including phenoxy) is 3. The highest BCUT2D eigenvalue weighted by Gasteiger charge is 2.35. The average Bonchev–Trinajstić information content (AvgIpc) is 2.55. The lowest BCUT2D eigenvalue weighted by Crippen LogP contribution is -2.44. The molecular formula is C20H32ClNO4. The standard InChI is InChI=1S/C20H32ClNO4/c1-7-10-25-20(5,12-14(2)3)19(23)22-16-8-9-18(17(21)11-16)26-15(4)13-24-6/h8-9,11,14-15H,7,10,12-13H2,1-6H3,(H,22,23)/t15-,20+/m1/s1. The number of carbonyl (C=O) groups excluding carboxylic acids is 1. The van der Waals surface area contributed by atoms with Crippen molar-refractivity contribution in [3.63, 3.8) is 0 Å². The molecule has 1 amide bonds. The van der Waals surface area contributed by atoms with Crippen LogP contribution >= 0.6 is 11.6 Å². The van der Waals surface area contributed by atoms with Crippen molar-refractivity contribution < 1.29 is 19.0 Å². The third-order valence-corrected chi connectivity index (χ3v) is 4.12. The zero-order valence-corrected chi connectivity index (χ0v) is 17.5. The van der Waals surface area contributed by atoms with Crippen LogP contribution in [0.1, 0.15) is 47.5 Å². The van der Waals surface area contributed by atoms with E-state index in [9.17, 15) is 4.79 Å². The fourth-order valence-corrected chi connectivity index (χ4v) is 2.97. The summed E-state index contributed by atoms with van der Waals surface area (Å²) >= 11 is 6.29. The monoisotopic (exact) mass is 385 g/mol. The molecule has 1 rings (SSSR count). The van der Waals surface area contributed by atoms with E-state index >= 15 is 0 Å². The van der Waals surface area contributed by atoms with Crippen LogP contribution in [0.2, 0.25) is 5.02 Å². The smallest absolute Gasteiger partial charge is 0.256 e. The molecular weight excluding hydrogens is 354 g/mol. The van der Waals surface area contributed by atoms with Gasteiger partial charge in [0.2, 0.25) is 0 Å². The van der Waals surface area contributed by atoms with Crippen molar-refractivity contribution in [2.45, 2.75) is 59.2 Å². The Bertz CT molecular complexity index is 579. The van der Waals surface area contributed by atoms with Gasteiger partial charge in [-0.05, 0) is 50.8 Å². The lowest BCUT2D eigenvalue weighted by molar-refractivity contribution is -0.141. The van der Waals surface area contributed by atoms with Gasteiger partial charge in [-0.25, -0.2) is 0 Å². The summed E-state index contributed by atoms with van der Waals surface area (Å²) in [5.41, 5.74) is -0.263. The van der Waals surface area contributed by atoms with Gasteiger partial charge in [0.1, 0.15) is 17.5 Å². The molecule has 0 aliphatic rings. The Hall–Kier alpha value is -1.30. The van der Waals surface area contributed by atoms with E-state index in [0.29, 0.717) is 42.0 Å². The maximum absolute atomic E-state index is 12.8. The van der Waals surface area contributed by atoms with Crippen molar-refractivity contribution in [1.82, 2.24) is 0 Å². The van der Waals surface area contributed by atoms with Crippen molar-refractivity contribution in [3.8, 4) is 5.75 Å². The summed E-state index contributed by atoms with van der Waals surface area (Å²) in [6, 6.07) is 5.20. The summed E-state index contributed by atoms with van der Waals surface area (Å²) in [6.07, 6.45) is 1.38. The van der Waals surface area contributed by atoms with Crippen LogP contribution < -0.4 is 10.1 Å². The topological polar surface area (TPSA) is 56.8 Å². The molecule has 0 fully saturated rings. The number of anilines is 1. The quantitative estimate of drug-likeness (QED) is 0.587. The molecule has 0 radical (unpaired) electrons. The minimum atomic E-state index is -0.876. The van der Waals surface area contributed by atoms with Crippen LogP contribution in [0.4, 0.5) is 5.69 Å². The van der Waals surface area contributed by atoms with E-state index in [4.69, 9.17) is 25.8 Å². The zero-order chi connectivity index (χ0) is 19.7. The highest BCUT2D eigenvalue weighted by molar-refractivity contribution is 6.32. The predicted octanol–water partition coefficient (Wildman–Crippen LogP) is 4.92. The molecule has 1 N–H and O–H groups in total. The number of halogens is 1. The normalized spacial score (nSPS) is 14.8. The van der Waals surface area contributed by atoms with Gasteiger partial charge in [0, 0.05) is 19.4 Å². The third-order valence-electron chi connectivity index (χ3n) is 3.82. The van der Waals surface area contributed by atoms with Gasteiger partial charge >= 0.3 is 0 Å². The van der Waals surface area contributed by atoms with E-state index in [-0.39, 0.29) is 12.0 Å². The van der Waals surface area contributed by atoms with Crippen molar-refractivity contribution in [2.24, 2.45) is 5.92 Å². The van der Waals surface area contributed by atoms with Gasteiger partial charge in [0.05, 0.1) is 11.6 Å². The molecule has 0 heterocycles. The maximum Gasteiger partial charge on any atom is 0.256 e. The number of carbonyl (C=O) groups is 1. The first-order valence-corrected chi connectivity index (χ1v) is 9.50. The summed E-state index contributed by atoms with van der Waals surface area (Å²) in [4.78, 5) is 12.8. The SMILES string of the molecule is CCCO[C@@](C)(CC(C)C)C(=O)Nc1ccc(O[C@H](C)COC)c(Cl)c1. The van der Waals surface area contributed by atoms with E-state index in [0.717, 1.165) is 6.42 Å². The molecule has 0 spiro atoms. The van der Waals surface area contributed by atoms with Crippen LogP contribution in [0.25, 0.3) is 0 Å². The second-order valence-electron chi connectivity index (χ2n) is 7.16. The van der Waals surface area contributed by atoms with Gasteiger partial charge in [-0.3, -0.25) is 4.79 Å². The third kappa shape index (κ3) is 7.14. The highest BCUT2D eigenvalue weighted by atomic mass is 35.5. The average molecular weight is 386 g/mol. The van der Waals surface area contributed by atoms with Crippen LogP contribution in [-0.2, 0) is 14.3 Å². The molecule has 0 bridgehead atoms. The van der Waals surface area contributed by atoms with Crippen molar-refractivity contribution >= 4 is 23.2 Å². The fourth-order valence-electron chi connectivity index (χ4n) is 2.75. The molecule has 0 saturated heterocycles. The molecule has 0 unspecified atom stereocenters. The van der Waals surface area contributed by atoms with Crippen LogP contribution in [0, 0.1) is 5.92 Å². The lowest BCUT2D eigenvalue weighted by Gasteiger charge is -2.30. The molecule has 0 saturated carbocycles. The van der Waals surface area contributed by atoms with Crippen molar-refractivity contribution in [2.75, 3.05) is 25.6 Å². The van der Waals surface area contributed by atoms with Crippen molar-refractivity contribution in [1.29, 1.82) is 0 Å². The minimum Gasteiger partial charge on any atom is -0.487 e. The number of rotatable bonds is 11. The first-order chi connectivity index (χ1) is 12.2. The number of amides is 1. The molecule has 1 aromatic rings. The predicted molar refractivity (Wildman–Crippen MR) is 106 cm³/mol. The number of nitrogens with one attached hydrogen (secondary N) is 1. The van der Waals surface area contributed by atoms with Crippen LogP contribution in [0.15, 0.2) is 18.2 Å². The second-order valence-corrected chi connectivity index (χ2v) is 7.57. The number of benzene rings is 1. The molecule has 148 valence electrons. The first kappa shape index (κ1) is 22.7. The van der Waals surface area contributed by atoms with E-state index in [1.165, 1.54) is 0 Å². The summed E-state index contributed by atoms with van der Waals surface area (Å²) in [5.74, 6) is 0.725. The lowest BCUT2D eigenvalue weighted by atomic mass is 9.93. The molecule has 0 aromatic heterocycles. The van der Waals surface area contributed by atoms with Gasteiger partial charge < -0.3 is 19.5 Å². The highest BCUT2D eigenvalue weighted by Crippen LogP contribution is 2.30. The second kappa shape index (κ2) is 10.8. The van der Waals surface area contributed by atoms with E-state index in [1.807, 2.05) is 20.8 Å². The van der Waals surface area contributed by atoms with Gasteiger partial charge in [-0.2, -0.15) is 0 Å². The van der Waals surface area contributed by atoms with E-state index in [1.54, 1.807) is 25.3 Å². The Kier molecular flexibility index (Phi) is 9.41. The number of methoxy groups -OCH3 is 1. The Labute approximate surface area is 162 Å². The van der Waals surface area contributed by atoms with Crippen LogP contribution in [-0.4, -0.2) is 37.9 Å². The fraction of sp³-hybridized carbons (Fsp3) is 0.650. The molecule has 6 heteroatoms. The Morgan fingerprint density at radius 2 is 2.00 bits per heavy atom. The Morgan fingerprint density at radius 1 is 1.31 bits per heavy atom. The molecule has 5 nitrogen and oxygen atoms in total. The maximum atomic E-state index is 12.8. The van der Waals surface area contributed by atoms with Gasteiger partial charge in [0.25, 0.3) is 5.91 Å². The van der Waals surface area contributed by atoms with E-state index in [2.05, 4.69) is 19.2 Å². The first-order valence-electron chi connectivity index (χ1n) is 9.12.